The number of amides is 1. The van der Waals surface area contributed by atoms with E-state index in [4.69, 9.17) is 9.15 Å². The Morgan fingerprint density at radius 1 is 1.43 bits per heavy atom. The molecule has 0 spiro atoms. The van der Waals surface area contributed by atoms with Crippen molar-refractivity contribution in [3.05, 3.63) is 52.4 Å². The Kier molecular flexibility index (Phi) is 5.44. The summed E-state index contributed by atoms with van der Waals surface area (Å²) in [7, 11) is 1.58. The first-order valence-corrected chi connectivity index (χ1v) is 7.56. The number of carbonyl (C=O) groups excluding carboxylic acids is 1. The zero-order chi connectivity index (χ0) is 15.2. The molecule has 4 nitrogen and oxygen atoms in total. The third-order valence-corrected chi connectivity index (χ3v) is 3.89. The molecule has 1 atom stereocenters. The summed E-state index contributed by atoms with van der Waals surface area (Å²) in [6, 6.07) is 9.20. The molecule has 0 aliphatic heterocycles. The third-order valence-electron chi connectivity index (χ3n) is 3.20. The first-order valence-electron chi connectivity index (χ1n) is 6.77. The van der Waals surface area contributed by atoms with Gasteiger partial charge in [-0.1, -0.05) is 0 Å². The number of furan rings is 1. The van der Waals surface area contributed by atoms with Crippen LogP contribution >= 0.6 is 15.9 Å². The van der Waals surface area contributed by atoms with Gasteiger partial charge in [0, 0.05) is 16.9 Å². The lowest BCUT2D eigenvalue weighted by atomic mass is 10.1. The maximum Gasteiger partial charge on any atom is 0.252 e. The average molecular weight is 352 g/mol. The van der Waals surface area contributed by atoms with Gasteiger partial charge in [0.15, 0.2) is 0 Å². The highest BCUT2D eigenvalue weighted by molar-refractivity contribution is 9.10. The van der Waals surface area contributed by atoms with Crippen molar-refractivity contribution in [1.29, 1.82) is 0 Å². The fourth-order valence-electron chi connectivity index (χ4n) is 1.99. The number of nitrogens with one attached hydrogen (secondary N) is 1. The van der Waals surface area contributed by atoms with E-state index in [-0.39, 0.29) is 11.9 Å². The van der Waals surface area contributed by atoms with E-state index >= 15 is 0 Å². The van der Waals surface area contributed by atoms with Crippen LogP contribution in [0, 0.1) is 0 Å². The second kappa shape index (κ2) is 7.31. The number of ether oxygens (including phenoxy) is 1. The number of aryl methyl sites for hydroxylation is 1. The topological polar surface area (TPSA) is 51.5 Å². The van der Waals surface area contributed by atoms with E-state index < -0.39 is 0 Å². The summed E-state index contributed by atoms with van der Waals surface area (Å²) in [6.07, 6.45) is 3.28. The first kappa shape index (κ1) is 15.6. The van der Waals surface area contributed by atoms with Crippen LogP contribution in [0.3, 0.4) is 0 Å². The molecule has 0 aliphatic carbocycles. The number of rotatable bonds is 6. The number of benzene rings is 1. The summed E-state index contributed by atoms with van der Waals surface area (Å²) in [6.45, 7) is 1.98. The van der Waals surface area contributed by atoms with Gasteiger partial charge in [-0.2, -0.15) is 0 Å². The summed E-state index contributed by atoms with van der Waals surface area (Å²) in [4.78, 5) is 12.3. The Morgan fingerprint density at radius 2 is 2.24 bits per heavy atom. The quantitative estimate of drug-likeness (QED) is 0.860. The fraction of sp³-hybridized carbons (Fsp3) is 0.312. The van der Waals surface area contributed by atoms with Gasteiger partial charge < -0.3 is 14.5 Å². The monoisotopic (exact) mass is 351 g/mol. The molecule has 0 radical (unpaired) electrons. The Balaban J connectivity index is 1.94. The van der Waals surface area contributed by atoms with Crippen molar-refractivity contribution < 1.29 is 13.9 Å². The Bertz CT molecular complexity index is 596. The maximum absolute atomic E-state index is 12.3. The zero-order valence-corrected chi connectivity index (χ0v) is 13.6. The lowest BCUT2D eigenvalue weighted by Gasteiger charge is -2.14. The van der Waals surface area contributed by atoms with Gasteiger partial charge in [-0.15, -0.1) is 0 Å². The van der Waals surface area contributed by atoms with Gasteiger partial charge in [0.05, 0.1) is 18.9 Å². The van der Waals surface area contributed by atoms with Crippen LogP contribution in [0.1, 0.15) is 29.5 Å². The number of hydrogen-bond acceptors (Lipinski definition) is 3. The van der Waals surface area contributed by atoms with Crippen molar-refractivity contribution >= 4 is 21.8 Å². The highest BCUT2D eigenvalue weighted by Crippen LogP contribution is 2.22. The summed E-state index contributed by atoms with van der Waals surface area (Å²) in [5, 5.41) is 2.98. The van der Waals surface area contributed by atoms with Crippen LogP contribution in [-0.4, -0.2) is 19.1 Å². The molecule has 0 bridgehead atoms. The van der Waals surface area contributed by atoms with Crippen molar-refractivity contribution in [2.75, 3.05) is 7.11 Å². The SMILES string of the molecule is COc1ccc(Br)c(C(=O)N[C@@H](C)CCc2ccco2)c1. The molecule has 1 amide bonds. The molecule has 2 rings (SSSR count). The number of carbonyl (C=O) groups is 1. The second-order valence-electron chi connectivity index (χ2n) is 4.84. The van der Waals surface area contributed by atoms with Gasteiger partial charge >= 0.3 is 0 Å². The molecule has 1 heterocycles. The molecule has 0 aliphatic rings. The van der Waals surface area contributed by atoms with Crippen molar-refractivity contribution in [2.45, 2.75) is 25.8 Å². The van der Waals surface area contributed by atoms with E-state index in [0.717, 1.165) is 23.1 Å². The zero-order valence-electron chi connectivity index (χ0n) is 12.1. The molecular formula is C16H18BrNO3. The highest BCUT2D eigenvalue weighted by atomic mass is 79.9. The molecule has 0 saturated carbocycles. The molecule has 0 unspecified atom stereocenters. The summed E-state index contributed by atoms with van der Waals surface area (Å²) >= 11 is 3.39. The van der Waals surface area contributed by atoms with E-state index in [1.807, 2.05) is 19.1 Å². The minimum atomic E-state index is -0.118. The second-order valence-corrected chi connectivity index (χ2v) is 5.69. The highest BCUT2D eigenvalue weighted by Gasteiger charge is 2.14. The van der Waals surface area contributed by atoms with Crippen molar-refractivity contribution in [3.8, 4) is 5.75 Å². The van der Waals surface area contributed by atoms with E-state index in [2.05, 4.69) is 21.2 Å². The van der Waals surface area contributed by atoms with Crippen molar-refractivity contribution in [1.82, 2.24) is 5.32 Å². The Morgan fingerprint density at radius 3 is 2.90 bits per heavy atom. The standard InChI is InChI=1S/C16H18BrNO3/c1-11(5-6-12-4-3-9-21-12)18-16(19)14-10-13(20-2)7-8-15(14)17/h3-4,7-11H,5-6H2,1-2H3,(H,18,19)/t11-/m0/s1. The summed E-state index contributed by atoms with van der Waals surface area (Å²) < 4.78 is 11.2. The number of halogens is 1. The largest absolute Gasteiger partial charge is 0.497 e. The lowest BCUT2D eigenvalue weighted by molar-refractivity contribution is 0.0937. The van der Waals surface area contributed by atoms with Crippen molar-refractivity contribution in [3.63, 3.8) is 0 Å². The van der Waals surface area contributed by atoms with Crippen LogP contribution in [-0.2, 0) is 6.42 Å². The number of methoxy groups -OCH3 is 1. The molecule has 21 heavy (non-hydrogen) atoms. The van der Waals surface area contributed by atoms with Gasteiger partial charge in [0.2, 0.25) is 0 Å². The molecule has 5 heteroatoms. The smallest absolute Gasteiger partial charge is 0.252 e. The van der Waals surface area contributed by atoms with Crippen LogP contribution in [0.4, 0.5) is 0 Å². The molecule has 1 aromatic carbocycles. The van der Waals surface area contributed by atoms with E-state index in [9.17, 15) is 4.79 Å². The van der Waals surface area contributed by atoms with Gasteiger partial charge in [0.25, 0.3) is 5.91 Å². The molecule has 112 valence electrons. The Labute approximate surface area is 132 Å². The first-order chi connectivity index (χ1) is 10.1. The van der Waals surface area contributed by atoms with Crippen LogP contribution in [0.15, 0.2) is 45.5 Å². The molecule has 1 aromatic heterocycles. The minimum Gasteiger partial charge on any atom is -0.497 e. The summed E-state index contributed by atoms with van der Waals surface area (Å²) in [5.74, 6) is 1.47. The van der Waals surface area contributed by atoms with E-state index in [0.29, 0.717) is 11.3 Å². The normalized spacial score (nSPS) is 12.0. The van der Waals surface area contributed by atoms with Crippen molar-refractivity contribution in [2.24, 2.45) is 0 Å². The van der Waals surface area contributed by atoms with Gasteiger partial charge in [-0.05, 0) is 59.6 Å². The molecule has 2 aromatic rings. The molecule has 1 N–H and O–H groups in total. The fourth-order valence-corrected chi connectivity index (χ4v) is 2.42. The van der Waals surface area contributed by atoms with Crippen LogP contribution in [0.5, 0.6) is 5.75 Å². The molecular weight excluding hydrogens is 334 g/mol. The average Bonchev–Trinajstić information content (AvgIpc) is 2.99. The van der Waals surface area contributed by atoms with E-state index in [1.165, 1.54) is 0 Å². The minimum absolute atomic E-state index is 0.0562. The third kappa shape index (κ3) is 4.36. The number of hydrogen-bond donors (Lipinski definition) is 1. The maximum atomic E-state index is 12.3. The predicted molar refractivity (Wildman–Crippen MR) is 84.7 cm³/mol. The van der Waals surface area contributed by atoms with Crippen LogP contribution < -0.4 is 10.1 Å². The van der Waals surface area contributed by atoms with Crippen LogP contribution in [0.2, 0.25) is 0 Å². The summed E-state index contributed by atoms with van der Waals surface area (Å²) in [5.41, 5.74) is 0.569. The van der Waals surface area contributed by atoms with Gasteiger partial charge in [0.1, 0.15) is 11.5 Å². The molecule has 0 fully saturated rings. The predicted octanol–water partition coefficient (Wildman–Crippen LogP) is 3.80. The van der Waals surface area contributed by atoms with Gasteiger partial charge in [-0.3, -0.25) is 4.79 Å². The van der Waals surface area contributed by atoms with Gasteiger partial charge in [-0.25, -0.2) is 0 Å². The van der Waals surface area contributed by atoms with E-state index in [1.54, 1.807) is 31.6 Å². The lowest BCUT2D eigenvalue weighted by Crippen LogP contribution is -2.33. The molecule has 0 saturated heterocycles. The van der Waals surface area contributed by atoms with Crippen LogP contribution in [0.25, 0.3) is 0 Å². The Hall–Kier alpha value is -1.75.